The zero-order valence-electron chi connectivity index (χ0n) is 20.6. The van der Waals surface area contributed by atoms with Gasteiger partial charge in [-0.1, -0.05) is 25.8 Å². The quantitative estimate of drug-likeness (QED) is 0.285. The lowest BCUT2D eigenvalue weighted by Gasteiger charge is -2.33. The Morgan fingerprint density at radius 3 is 2.36 bits per heavy atom. The Bertz CT molecular complexity index is 810. The summed E-state index contributed by atoms with van der Waals surface area (Å²) in [5.41, 5.74) is 0.449. The van der Waals surface area contributed by atoms with Crippen LogP contribution < -0.4 is 10.6 Å². The largest absolute Gasteiger partial charge is 0.508 e. The molecule has 33 heavy (non-hydrogen) atoms. The van der Waals surface area contributed by atoms with Gasteiger partial charge >= 0.3 is 6.09 Å². The number of nitrogens with zero attached hydrogens (tertiary/aromatic N) is 1. The van der Waals surface area contributed by atoms with Crippen LogP contribution >= 0.6 is 12.6 Å². The molecule has 0 fully saturated rings. The van der Waals surface area contributed by atoms with Gasteiger partial charge in [-0.2, -0.15) is 12.6 Å². The highest BCUT2D eigenvalue weighted by Crippen LogP contribution is 2.27. The summed E-state index contributed by atoms with van der Waals surface area (Å²) in [6.07, 6.45) is 2.12. The number of hydrogen-bond acceptors (Lipinski definition) is 6. The van der Waals surface area contributed by atoms with Crippen LogP contribution in [0, 0.1) is 6.92 Å². The van der Waals surface area contributed by atoms with Crippen LogP contribution in [0.2, 0.25) is 0 Å². The Labute approximate surface area is 202 Å². The molecule has 3 amide bonds. The maximum atomic E-state index is 13.4. The van der Waals surface area contributed by atoms with Crippen LogP contribution in [0.5, 0.6) is 5.75 Å². The molecule has 2 atom stereocenters. The van der Waals surface area contributed by atoms with E-state index in [2.05, 4.69) is 30.2 Å². The molecule has 1 rings (SSSR count). The van der Waals surface area contributed by atoms with Gasteiger partial charge in [0.15, 0.2) is 0 Å². The Morgan fingerprint density at radius 1 is 1.18 bits per heavy atom. The number of carbonyl (C=O) groups is 3. The van der Waals surface area contributed by atoms with Crippen molar-refractivity contribution in [2.24, 2.45) is 0 Å². The van der Waals surface area contributed by atoms with Crippen LogP contribution in [0.4, 0.5) is 4.79 Å². The van der Waals surface area contributed by atoms with E-state index < -0.39 is 29.7 Å². The van der Waals surface area contributed by atoms with Crippen LogP contribution in [0.15, 0.2) is 18.2 Å². The second-order valence-electron chi connectivity index (χ2n) is 8.95. The molecular formula is C24H39N3O5S. The molecule has 3 N–H and O–H groups in total. The third-order valence-electron chi connectivity index (χ3n) is 4.97. The lowest BCUT2D eigenvalue weighted by molar-refractivity contribution is -0.141. The molecule has 0 aliphatic heterocycles. The molecule has 0 saturated heterocycles. The van der Waals surface area contributed by atoms with Crippen LogP contribution in [0.3, 0.4) is 0 Å². The molecule has 0 aromatic heterocycles. The number of phenolic OH excluding ortho intramolecular Hbond substituents is 1. The SMILES string of the molecule is CCCCCNC(=O)C(c1ccc(O)c(C)c1)N(CC)C(=O)C(CS)NC(=O)OC(C)(C)C. The fraction of sp³-hybridized carbons (Fsp3) is 0.625. The highest BCUT2D eigenvalue weighted by atomic mass is 32.1. The summed E-state index contributed by atoms with van der Waals surface area (Å²) >= 11 is 4.24. The minimum absolute atomic E-state index is 0.0357. The average Bonchev–Trinajstić information content (AvgIpc) is 2.73. The van der Waals surface area contributed by atoms with Crippen LogP contribution in [-0.4, -0.2) is 58.4 Å². The third kappa shape index (κ3) is 9.15. The third-order valence-corrected chi connectivity index (χ3v) is 5.34. The number of nitrogens with one attached hydrogen (secondary N) is 2. The number of alkyl carbamates (subject to hydrolysis) is 1. The molecule has 0 aliphatic rings. The van der Waals surface area contributed by atoms with E-state index in [4.69, 9.17) is 4.74 Å². The van der Waals surface area contributed by atoms with Crippen molar-refractivity contribution in [3.63, 3.8) is 0 Å². The van der Waals surface area contributed by atoms with E-state index in [1.54, 1.807) is 46.8 Å². The second-order valence-corrected chi connectivity index (χ2v) is 9.32. The molecule has 0 spiro atoms. The van der Waals surface area contributed by atoms with Gasteiger partial charge in [0.2, 0.25) is 11.8 Å². The highest BCUT2D eigenvalue weighted by molar-refractivity contribution is 7.80. The summed E-state index contributed by atoms with van der Waals surface area (Å²) in [6.45, 7) is 11.5. The van der Waals surface area contributed by atoms with E-state index >= 15 is 0 Å². The molecule has 186 valence electrons. The molecule has 0 aliphatic carbocycles. The Morgan fingerprint density at radius 2 is 1.85 bits per heavy atom. The van der Waals surface area contributed by atoms with Crippen molar-refractivity contribution in [2.75, 3.05) is 18.8 Å². The van der Waals surface area contributed by atoms with E-state index in [9.17, 15) is 19.5 Å². The standard InChI is InChI=1S/C24H39N3O5S/c1-7-9-10-13-25-21(29)20(17-11-12-19(28)16(3)14-17)27(8-2)22(30)18(15-33)26-23(31)32-24(4,5)6/h11-12,14,18,20,28,33H,7-10,13,15H2,1-6H3,(H,25,29)(H,26,31). The maximum Gasteiger partial charge on any atom is 0.408 e. The number of unbranched alkanes of at least 4 members (excludes halogenated alkanes) is 2. The van der Waals surface area contributed by atoms with Crippen molar-refractivity contribution in [1.82, 2.24) is 15.5 Å². The molecule has 0 radical (unpaired) electrons. The maximum absolute atomic E-state index is 13.4. The predicted molar refractivity (Wildman–Crippen MR) is 133 cm³/mol. The number of thiol groups is 1. The minimum Gasteiger partial charge on any atom is -0.508 e. The van der Waals surface area contributed by atoms with Crippen molar-refractivity contribution in [3.8, 4) is 5.75 Å². The summed E-state index contributed by atoms with van der Waals surface area (Å²) in [6, 6.07) is 2.93. The number of aromatic hydroxyl groups is 1. The van der Waals surface area contributed by atoms with Crippen molar-refractivity contribution < 1.29 is 24.2 Å². The number of phenols is 1. The van der Waals surface area contributed by atoms with Crippen molar-refractivity contribution >= 4 is 30.5 Å². The van der Waals surface area contributed by atoms with E-state index in [0.29, 0.717) is 17.7 Å². The van der Waals surface area contributed by atoms with Gasteiger partial charge in [0, 0.05) is 18.8 Å². The van der Waals surface area contributed by atoms with Crippen molar-refractivity contribution in [3.05, 3.63) is 29.3 Å². The van der Waals surface area contributed by atoms with Crippen molar-refractivity contribution in [2.45, 2.75) is 78.5 Å². The number of amides is 3. The molecular weight excluding hydrogens is 442 g/mol. The van der Waals surface area contributed by atoms with Crippen LogP contribution in [0.1, 0.15) is 71.0 Å². The summed E-state index contributed by atoms with van der Waals surface area (Å²) in [4.78, 5) is 40.3. The fourth-order valence-corrected chi connectivity index (χ4v) is 3.55. The molecule has 1 aromatic carbocycles. The van der Waals surface area contributed by atoms with Gasteiger partial charge in [-0.15, -0.1) is 0 Å². The molecule has 0 heterocycles. The lowest BCUT2D eigenvalue weighted by atomic mass is 10.0. The summed E-state index contributed by atoms with van der Waals surface area (Å²) < 4.78 is 5.27. The average molecular weight is 482 g/mol. The van der Waals surface area contributed by atoms with Crippen LogP contribution in [-0.2, 0) is 14.3 Å². The first kappa shape index (κ1) is 28.6. The summed E-state index contributed by atoms with van der Waals surface area (Å²) in [5, 5.41) is 15.4. The predicted octanol–water partition coefficient (Wildman–Crippen LogP) is 3.72. The molecule has 8 nitrogen and oxygen atoms in total. The van der Waals surface area contributed by atoms with E-state index in [-0.39, 0.29) is 24.0 Å². The zero-order valence-corrected chi connectivity index (χ0v) is 21.5. The van der Waals surface area contributed by atoms with Gasteiger partial charge in [0.1, 0.15) is 23.4 Å². The molecule has 0 bridgehead atoms. The first-order valence-corrected chi connectivity index (χ1v) is 12.1. The Hall–Kier alpha value is -2.42. The smallest absolute Gasteiger partial charge is 0.408 e. The van der Waals surface area contributed by atoms with Gasteiger partial charge in [-0.05, 0) is 64.3 Å². The van der Waals surface area contributed by atoms with E-state index in [1.165, 1.54) is 11.0 Å². The Balaban J connectivity index is 3.22. The fourth-order valence-electron chi connectivity index (χ4n) is 3.31. The topological polar surface area (TPSA) is 108 Å². The number of hydrogen-bond donors (Lipinski definition) is 4. The van der Waals surface area contributed by atoms with E-state index in [0.717, 1.165) is 19.3 Å². The number of carbonyl (C=O) groups excluding carboxylic acids is 3. The number of aryl methyl sites for hydroxylation is 1. The normalized spacial score (nSPS) is 13.1. The number of benzene rings is 1. The molecule has 0 saturated carbocycles. The summed E-state index contributed by atoms with van der Waals surface area (Å²) in [7, 11) is 0. The molecule has 1 aromatic rings. The molecule has 2 unspecified atom stereocenters. The molecule has 9 heteroatoms. The number of rotatable bonds is 11. The minimum atomic E-state index is -0.975. The highest BCUT2D eigenvalue weighted by Gasteiger charge is 2.35. The van der Waals surface area contributed by atoms with Gasteiger partial charge in [0.05, 0.1) is 0 Å². The van der Waals surface area contributed by atoms with Gasteiger partial charge in [0.25, 0.3) is 0 Å². The summed E-state index contributed by atoms with van der Waals surface area (Å²) in [5.74, 6) is -0.622. The lowest BCUT2D eigenvalue weighted by Crippen LogP contribution is -2.53. The van der Waals surface area contributed by atoms with E-state index in [1.807, 2.05) is 0 Å². The zero-order chi connectivity index (χ0) is 25.2. The van der Waals surface area contributed by atoms with Gasteiger partial charge in [-0.25, -0.2) is 4.79 Å². The Kier molecular flexibility index (Phi) is 11.6. The van der Waals surface area contributed by atoms with Crippen molar-refractivity contribution in [1.29, 1.82) is 0 Å². The number of likely N-dealkylation sites (N-methyl/N-ethyl adjacent to an activating group) is 1. The monoisotopic (exact) mass is 481 g/mol. The van der Waals surface area contributed by atoms with Gasteiger partial charge < -0.3 is 25.4 Å². The number of ether oxygens (including phenoxy) is 1. The second kappa shape index (κ2) is 13.3. The van der Waals surface area contributed by atoms with Gasteiger partial charge in [-0.3, -0.25) is 9.59 Å². The van der Waals surface area contributed by atoms with Crippen LogP contribution in [0.25, 0.3) is 0 Å². The first-order chi connectivity index (χ1) is 15.4. The first-order valence-electron chi connectivity index (χ1n) is 11.4.